The molecule has 1 unspecified atom stereocenters. The Bertz CT molecular complexity index is 185. The van der Waals surface area contributed by atoms with Gasteiger partial charge < -0.3 is 9.64 Å². The number of hydrogen-bond acceptors (Lipinski definition) is 3. The van der Waals surface area contributed by atoms with Crippen molar-refractivity contribution in [3.63, 3.8) is 0 Å². The highest BCUT2D eigenvalue weighted by Gasteiger charge is 2.26. The second kappa shape index (κ2) is 2.67. The van der Waals surface area contributed by atoms with Gasteiger partial charge in [-0.15, -0.1) is 0 Å². The minimum absolute atomic E-state index is 0.107. The van der Waals surface area contributed by atoms with Crippen LogP contribution in [0.15, 0.2) is 0 Å². The number of rotatable bonds is 0. The van der Waals surface area contributed by atoms with Gasteiger partial charge in [0.15, 0.2) is 0 Å². The molecule has 0 bridgehead atoms. The maximum absolute atomic E-state index is 10.7. The Morgan fingerprint density at radius 1 is 1.90 bits per heavy atom. The first-order valence-corrected chi connectivity index (χ1v) is 3.00. The Morgan fingerprint density at radius 2 is 2.60 bits per heavy atom. The Hall–Kier alpha value is -1.08. The summed E-state index contributed by atoms with van der Waals surface area (Å²) in [5, 5.41) is 8.46. The average molecular weight is 140 g/mol. The number of hydrogen-bond donors (Lipinski definition) is 0. The highest BCUT2D eigenvalue weighted by molar-refractivity contribution is 5.74. The Balaban J connectivity index is 2.61. The Kier molecular flexibility index (Phi) is 1.88. The molecule has 10 heavy (non-hydrogen) atoms. The monoisotopic (exact) mass is 140 g/mol. The number of nitrogens with zero attached hydrogens (tertiary/aromatic N) is 2. The quantitative estimate of drug-likeness (QED) is 0.464. The minimum atomic E-state index is -0.377. The summed E-state index contributed by atoms with van der Waals surface area (Å²) < 4.78 is 4.90. The predicted octanol–water partition coefficient (Wildman–Crippen LogP) is -0.285. The lowest BCUT2D eigenvalue weighted by Crippen LogP contribution is -2.33. The van der Waals surface area contributed by atoms with Gasteiger partial charge in [0.2, 0.25) is 5.91 Å². The SMILES string of the molecule is CC(=O)N1COCC1C#N. The highest BCUT2D eigenvalue weighted by Crippen LogP contribution is 2.07. The van der Waals surface area contributed by atoms with E-state index in [1.54, 1.807) is 0 Å². The smallest absolute Gasteiger partial charge is 0.222 e. The van der Waals surface area contributed by atoms with Crippen molar-refractivity contribution < 1.29 is 9.53 Å². The van der Waals surface area contributed by atoms with Crippen LogP contribution >= 0.6 is 0 Å². The molecule has 4 heteroatoms. The van der Waals surface area contributed by atoms with Crippen LogP contribution in [0.2, 0.25) is 0 Å². The van der Waals surface area contributed by atoms with Crippen molar-refractivity contribution in [3.05, 3.63) is 0 Å². The molecule has 1 aliphatic rings. The molecule has 1 fully saturated rings. The van der Waals surface area contributed by atoms with Crippen LogP contribution in [-0.4, -0.2) is 30.2 Å². The summed E-state index contributed by atoms with van der Waals surface area (Å²) in [6.07, 6.45) is 0. The number of nitriles is 1. The van der Waals surface area contributed by atoms with Crippen molar-refractivity contribution in [2.75, 3.05) is 13.3 Å². The van der Waals surface area contributed by atoms with Crippen LogP contribution in [0.3, 0.4) is 0 Å². The average Bonchev–Trinajstić information content (AvgIpc) is 2.33. The van der Waals surface area contributed by atoms with Gasteiger partial charge in [0.1, 0.15) is 12.8 Å². The lowest BCUT2D eigenvalue weighted by atomic mass is 10.3. The van der Waals surface area contributed by atoms with Crippen LogP contribution in [0, 0.1) is 11.3 Å². The first-order chi connectivity index (χ1) is 4.75. The van der Waals surface area contributed by atoms with Gasteiger partial charge in [0, 0.05) is 6.92 Å². The van der Waals surface area contributed by atoms with E-state index in [1.807, 2.05) is 6.07 Å². The fourth-order valence-electron chi connectivity index (χ4n) is 0.860. The molecule has 1 rings (SSSR count). The highest BCUT2D eigenvalue weighted by atomic mass is 16.5. The van der Waals surface area contributed by atoms with Crippen LogP contribution in [0.5, 0.6) is 0 Å². The summed E-state index contributed by atoms with van der Waals surface area (Å²) in [5.41, 5.74) is 0. The lowest BCUT2D eigenvalue weighted by molar-refractivity contribution is -0.130. The maximum Gasteiger partial charge on any atom is 0.222 e. The van der Waals surface area contributed by atoms with Gasteiger partial charge in [0.25, 0.3) is 0 Å². The van der Waals surface area contributed by atoms with Crippen molar-refractivity contribution in [1.82, 2.24) is 4.90 Å². The molecule has 0 aromatic carbocycles. The van der Waals surface area contributed by atoms with E-state index >= 15 is 0 Å². The van der Waals surface area contributed by atoms with Gasteiger partial charge in [-0.2, -0.15) is 5.26 Å². The van der Waals surface area contributed by atoms with E-state index in [0.717, 1.165) is 0 Å². The van der Waals surface area contributed by atoms with Gasteiger partial charge in [-0.05, 0) is 0 Å². The maximum atomic E-state index is 10.7. The number of carbonyl (C=O) groups is 1. The predicted molar refractivity (Wildman–Crippen MR) is 32.7 cm³/mol. The zero-order chi connectivity index (χ0) is 7.56. The van der Waals surface area contributed by atoms with E-state index in [1.165, 1.54) is 11.8 Å². The van der Waals surface area contributed by atoms with Crippen LogP contribution in [0.4, 0.5) is 0 Å². The fourth-order valence-corrected chi connectivity index (χ4v) is 0.860. The topological polar surface area (TPSA) is 53.3 Å². The zero-order valence-electron chi connectivity index (χ0n) is 5.70. The molecular weight excluding hydrogens is 132 g/mol. The second-order valence-corrected chi connectivity index (χ2v) is 2.13. The standard InChI is InChI=1S/C6H8N2O2/c1-5(9)8-4-10-3-6(8)2-7/h6H,3-4H2,1H3. The molecule has 1 heterocycles. The van der Waals surface area contributed by atoms with E-state index in [0.29, 0.717) is 6.61 Å². The Morgan fingerprint density at radius 3 is 3.00 bits per heavy atom. The third kappa shape index (κ3) is 1.09. The zero-order valence-corrected chi connectivity index (χ0v) is 5.70. The first-order valence-electron chi connectivity index (χ1n) is 3.00. The van der Waals surface area contributed by atoms with Gasteiger partial charge in [-0.1, -0.05) is 0 Å². The molecule has 0 aromatic rings. The molecule has 1 aliphatic heterocycles. The molecule has 0 radical (unpaired) electrons. The summed E-state index contributed by atoms with van der Waals surface area (Å²) >= 11 is 0. The van der Waals surface area contributed by atoms with Crippen molar-refractivity contribution in [1.29, 1.82) is 5.26 Å². The van der Waals surface area contributed by atoms with Crippen LogP contribution in [0.1, 0.15) is 6.92 Å². The fraction of sp³-hybridized carbons (Fsp3) is 0.667. The largest absolute Gasteiger partial charge is 0.358 e. The van der Waals surface area contributed by atoms with E-state index in [4.69, 9.17) is 10.00 Å². The molecular formula is C6H8N2O2. The molecule has 1 atom stereocenters. The van der Waals surface area contributed by atoms with E-state index in [9.17, 15) is 4.79 Å². The summed E-state index contributed by atoms with van der Waals surface area (Å²) in [4.78, 5) is 12.1. The number of ether oxygens (including phenoxy) is 1. The summed E-state index contributed by atoms with van der Waals surface area (Å²) in [7, 11) is 0. The van der Waals surface area contributed by atoms with Crippen LogP contribution in [-0.2, 0) is 9.53 Å². The molecule has 0 spiro atoms. The van der Waals surface area contributed by atoms with Crippen molar-refractivity contribution in [2.24, 2.45) is 0 Å². The van der Waals surface area contributed by atoms with Crippen LogP contribution < -0.4 is 0 Å². The van der Waals surface area contributed by atoms with E-state index in [2.05, 4.69) is 0 Å². The van der Waals surface area contributed by atoms with Crippen molar-refractivity contribution in [2.45, 2.75) is 13.0 Å². The second-order valence-electron chi connectivity index (χ2n) is 2.13. The molecule has 0 N–H and O–H groups in total. The first kappa shape index (κ1) is 7.03. The van der Waals surface area contributed by atoms with Crippen molar-refractivity contribution >= 4 is 5.91 Å². The normalized spacial score (nSPS) is 24.4. The number of carbonyl (C=O) groups excluding carboxylic acids is 1. The van der Waals surface area contributed by atoms with Gasteiger partial charge in [-0.25, -0.2) is 0 Å². The molecule has 0 aromatic heterocycles. The van der Waals surface area contributed by atoms with Crippen LogP contribution in [0.25, 0.3) is 0 Å². The molecule has 54 valence electrons. The van der Waals surface area contributed by atoms with Gasteiger partial charge in [0.05, 0.1) is 12.7 Å². The van der Waals surface area contributed by atoms with Gasteiger partial charge >= 0.3 is 0 Å². The molecule has 0 saturated carbocycles. The van der Waals surface area contributed by atoms with E-state index in [-0.39, 0.29) is 18.7 Å². The van der Waals surface area contributed by atoms with E-state index < -0.39 is 0 Å². The Labute approximate surface area is 59.0 Å². The number of amides is 1. The van der Waals surface area contributed by atoms with Gasteiger partial charge in [-0.3, -0.25) is 4.79 Å². The third-order valence-corrected chi connectivity index (χ3v) is 1.44. The molecule has 1 amide bonds. The summed E-state index contributed by atoms with van der Waals surface area (Å²) in [6.45, 7) is 2.03. The molecule has 0 aliphatic carbocycles. The summed E-state index contributed by atoms with van der Waals surface area (Å²) in [6, 6.07) is 1.60. The molecule has 4 nitrogen and oxygen atoms in total. The minimum Gasteiger partial charge on any atom is -0.358 e. The van der Waals surface area contributed by atoms with Crippen molar-refractivity contribution in [3.8, 4) is 6.07 Å². The third-order valence-electron chi connectivity index (χ3n) is 1.44. The summed E-state index contributed by atoms with van der Waals surface area (Å²) in [5.74, 6) is -0.107. The molecule has 1 saturated heterocycles. The lowest BCUT2D eigenvalue weighted by Gasteiger charge is -2.13.